The minimum atomic E-state index is 0. The first-order valence-electron chi connectivity index (χ1n) is 0.129. The van der Waals surface area contributed by atoms with Crippen LogP contribution in [0.4, 0.5) is 0 Å². The molecule has 0 aromatic heterocycles. The van der Waals surface area contributed by atoms with E-state index in [1.165, 1.54) is 0 Å². The predicted octanol–water partition coefficient (Wildman–Crippen LogP) is -4.43. The van der Waals surface area contributed by atoms with Gasteiger partial charge in [0.15, 0.2) is 0 Å². The molecular weight excluding hydrogens is 431 g/mol. The van der Waals surface area contributed by atoms with E-state index in [-0.39, 0.29) is 152 Å². The van der Waals surface area contributed by atoms with Crippen molar-refractivity contribution in [3.05, 3.63) is 0 Å². The van der Waals surface area contributed by atoms with E-state index in [9.17, 15) is 0 Å². The summed E-state index contributed by atoms with van der Waals surface area (Å²) in [6, 6.07) is 0. The average molecular weight is 435 g/mol. The first-order chi connectivity index (χ1) is 1.00. The van der Waals surface area contributed by atoms with Gasteiger partial charge in [0.1, 0.15) is 0 Å². The molecule has 0 spiro atoms. The molecule has 0 aliphatic heterocycles. The normalized spacial score (nSPS) is 0.750. The van der Waals surface area contributed by atoms with E-state index in [0.29, 0.717) is 0 Å². The van der Waals surface area contributed by atoms with Crippen LogP contribution in [0.3, 0.4) is 0 Å². The molecule has 0 N–H and O–H groups in total. The third-order valence-corrected chi connectivity index (χ3v) is 0. The van der Waals surface area contributed by atoms with Crippen molar-refractivity contribution in [1.29, 1.82) is 0 Å². The Hall–Kier alpha value is 4.92. The Labute approximate surface area is 170 Å². The zero-order valence-electron chi connectivity index (χ0n) is 4.36. The zero-order chi connectivity index (χ0) is 2.00. The van der Waals surface area contributed by atoms with Gasteiger partial charge in [-0.1, -0.05) is 0 Å². The summed E-state index contributed by atoms with van der Waals surface area (Å²) in [5, 5.41) is 0. The predicted molar refractivity (Wildman–Crippen MR) is 29.7 cm³/mol. The topological polar surface area (TPSA) is 17.1 Å². The molecule has 0 rings (SSSR count). The second-order valence-electron chi connectivity index (χ2n) is 0. The molecule has 48 valence electrons. The molecule has 0 aliphatic carbocycles. The van der Waals surface area contributed by atoms with Crippen molar-refractivity contribution < 1.29 is 126 Å². The number of rotatable bonds is 0. The Morgan fingerprint density at radius 3 is 0.625 bits per heavy atom. The zero-order valence-corrected chi connectivity index (χ0v) is 16.1. The van der Waals surface area contributed by atoms with Crippen LogP contribution in [0.25, 0.3) is 0 Å². The molecule has 0 atom stereocenters. The van der Waals surface area contributed by atoms with Crippen molar-refractivity contribution in [2.24, 2.45) is 0 Å². The maximum absolute atomic E-state index is 8.22. The van der Waals surface area contributed by atoms with Crippen LogP contribution in [0.2, 0.25) is 0 Å². The van der Waals surface area contributed by atoms with Crippen LogP contribution >= 0.6 is 49.6 Å². The maximum atomic E-state index is 8.22. The summed E-state index contributed by atoms with van der Waals surface area (Å²) in [7, 11) is 0. The van der Waals surface area contributed by atoms with E-state index < -0.39 is 0 Å². The van der Waals surface area contributed by atoms with E-state index >= 15 is 0 Å². The number of hydrogen-bond acceptors (Lipinski definition) is 1. The van der Waals surface area contributed by atoms with E-state index in [2.05, 4.69) is 0 Å². The van der Waals surface area contributed by atoms with Crippen molar-refractivity contribution >= 4 is 49.6 Å². The summed E-state index contributed by atoms with van der Waals surface area (Å²) in [6.45, 7) is 0. The molecule has 0 radical (unpaired) electrons. The first-order valence-corrected chi connectivity index (χ1v) is 1.06. The molecule has 0 bridgehead atoms. The fourth-order valence-electron chi connectivity index (χ4n) is 0. The Bertz CT molecular complexity index is 14.0. The van der Waals surface area contributed by atoms with Gasteiger partial charge in [0.25, 0.3) is 0 Å². The summed E-state index contributed by atoms with van der Waals surface area (Å²) in [6.07, 6.45) is 0. The van der Waals surface area contributed by atoms with E-state index in [0.717, 1.165) is 19.8 Å². The van der Waals surface area contributed by atoms with Crippen LogP contribution < -0.4 is 103 Å². The van der Waals surface area contributed by atoms with Gasteiger partial charge >= 0.3 is 126 Å². The van der Waals surface area contributed by atoms with E-state index in [4.69, 9.17) is 3.40 Å². The van der Waals surface area contributed by atoms with Gasteiger partial charge in [-0.2, -0.15) is 0 Å². The molecule has 8 heteroatoms. The summed E-state index contributed by atoms with van der Waals surface area (Å²) in [5.41, 5.74) is 0. The molecule has 8 heavy (non-hydrogen) atoms. The molecule has 0 heterocycles. The Kier molecular flexibility index (Phi) is 384. The van der Waals surface area contributed by atoms with Gasteiger partial charge in [0.2, 0.25) is 0 Å². The van der Waals surface area contributed by atoms with Crippen LogP contribution in [0, 0.1) is 0 Å². The molecule has 0 aromatic carbocycles. The molecular formula is H4Cl4K2OPt+2. The van der Waals surface area contributed by atoms with Crippen LogP contribution in [-0.2, 0) is 23.2 Å². The second kappa shape index (κ2) is 58.7. The van der Waals surface area contributed by atoms with E-state index in [1.807, 2.05) is 0 Å². The summed E-state index contributed by atoms with van der Waals surface area (Å²) in [5.74, 6) is 0. The summed E-state index contributed by atoms with van der Waals surface area (Å²) in [4.78, 5) is 0. The molecule has 0 unspecified atom stereocenters. The number of halogens is 4. The van der Waals surface area contributed by atoms with Crippen molar-refractivity contribution in [3.63, 3.8) is 0 Å². The molecule has 1 nitrogen and oxygen atoms in total. The SMILES string of the molecule is Cl.Cl.Cl.Cl.[K+].[K+].[O]=[Pt]. The van der Waals surface area contributed by atoms with Crippen molar-refractivity contribution in [1.82, 2.24) is 0 Å². The fraction of sp³-hybridized carbons (Fsp3) is 0. The van der Waals surface area contributed by atoms with Crippen LogP contribution in [0.5, 0.6) is 0 Å². The summed E-state index contributed by atoms with van der Waals surface area (Å²) >= 11 is 0.889. The van der Waals surface area contributed by atoms with Crippen LogP contribution in [0.15, 0.2) is 0 Å². The Morgan fingerprint density at radius 1 is 0.625 bits per heavy atom. The van der Waals surface area contributed by atoms with Crippen molar-refractivity contribution in [2.45, 2.75) is 0 Å². The molecule has 0 saturated heterocycles. The average Bonchev–Trinajstić information content (AvgIpc) is 1.00. The Morgan fingerprint density at radius 2 is 0.625 bits per heavy atom. The van der Waals surface area contributed by atoms with Gasteiger partial charge in [-0.15, -0.1) is 49.6 Å². The molecule has 0 fully saturated rings. The first kappa shape index (κ1) is 52.4. The quantitative estimate of drug-likeness (QED) is 0.352. The van der Waals surface area contributed by atoms with Gasteiger partial charge in [0.05, 0.1) is 0 Å². The number of hydrogen-bond donors (Lipinski definition) is 0. The minimum absolute atomic E-state index is 0. The summed E-state index contributed by atoms with van der Waals surface area (Å²) < 4.78 is 8.22. The van der Waals surface area contributed by atoms with Gasteiger partial charge in [-0.25, -0.2) is 0 Å². The van der Waals surface area contributed by atoms with Crippen molar-refractivity contribution in [3.8, 4) is 0 Å². The fourth-order valence-corrected chi connectivity index (χ4v) is 0. The third-order valence-electron chi connectivity index (χ3n) is 0. The standard InChI is InChI=1S/4ClH.2K.O.Pt/h4*1H;;;;/q;;;;2*+1;;. The monoisotopic (exact) mass is 433 g/mol. The molecule has 0 aliphatic rings. The van der Waals surface area contributed by atoms with E-state index in [1.54, 1.807) is 0 Å². The van der Waals surface area contributed by atoms with Crippen LogP contribution in [-0.4, -0.2) is 0 Å². The molecule has 0 saturated carbocycles. The molecule has 0 aromatic rings. The van der Waals surface area contributed by atoms with Crippen LogP contribution in [0.1, 0.15) is 0 Å². The van der Waals surface area contributed by atoms with Gasteiger partial charge in [0, 0.05) is 0 Å². The van der Waals surface area contributed by atoms with Crippen molar-refractivity contribution in [2.75, 3.05) is 0 Å². The second-order valence-corrected chi connectivity index (χ2v) is 0. The van der Waals surface area contributed by atoms with Gasteiger partial charge in [-0.05, 0) is 0 Å². The molecule has 0 amide bonds. The van der Waals surface area contributed by atoms with Gasteiger partial charge < -0.3 is 0 Å². The Balaban J connectivity index is -0.000000000333. The van der Waals surface area contributed by atoms with Gasteiger partial charge in [-0.3, -0.25) is 0 Å². The third kappa shape index (κ3) is 44.4.